The predicted molar refractivity (Wildman–Crippen MR) is 72.7 cm³/mol. The summed E-state index contributed by atoms with van der Waals surface area (Å²) >= 11 is 0. The van der Waals surface area contributed by atoms with Crippen LogP contribution in [0.25, 0.3) is 0 Å². The second kappa shape index (κ2) is 5.87. The number of carbonyl (C=O) groups is 1. The average Bonchev–Trinajstić information content (AvgIpc) is 2.92. The molecule has 0 aromatic heterocycles. The van der Waals surface area contributed by atoms with Gasteiger partial charge in [-0.05, 0) is 38.1 Å². The topological polar surface area (TPSA) is 41.6 Å². The molecule has 1 N–H and O–H groups in total. The van der Waals surface area contributed by atoms with E-state index in [0.717, 1.165) is 18.8 Å². The highest BCUT2D eigenvalue weighted by atomic mass is 16.5. The van der Waals surface area contributed by atoms with Gasteiger partial charge in [-0.1, -0.05) is 0 Å². The van der Waals surface area contributed by atoms with Crippen molar-refractivity contribution in [3.63, 3.8) is 0 Å². The smallest absolute Gasteiger partial charge is 0.180 e. The normalized spacial score (nSPS) is 14.9. The second-order valence-corrected chi connectivity index (χ2v) is 4.53. The van der Waals surface area contributed by atoms with Crippen molar-refractivity contribution in [2.75, 3.05) is 38.7 Å². The van der Waals surface area contributed by atoms with E-state index in [1.54, 1.807) is 14.2 Å². The van der Waals surface area contributed by atoms with Gasteiger partial charge in [-0.15, -0.1) is 0 Å². The number of Topliss-reactive ketones (excluding diaryl/α,β-unsaturated/α-hetero) is 1. The van der Waals surface area contributed by atoms with Gasteiger partial charge in [0.05, 0.1) is 19.2 Å². The van der Waals surface area contributed by atoms with E-state index in [4.69, 9.17) is 4.74 Å². The Labute approximate surface area is 108 Å². The number of hydrogen-bond acceptors (Lipinski definition) is 4. The minimum Gasteiger partial charge on any atom is -0.496 e. The molecule has 2 rings (SSSR count). The van der Waals surface area contributed by atoms with Gasteiger partial charge in [0.25, 0.3) is 0 Å². The maximum absolute atomic E-state index is 12.0. The number of rotatable bonds is 5. The highest BCUT2D eigenvalue weighted by molar-refractivity contribution is 6.01. The Bertz CT molecular complexity index is 426. The van der Waals surface area contributed by atoms with E-state index in [9.17, 15) is 4.79 Å². The van der Waals surface area contributed by atoms with Crippen LogP contribution in [0.5, 0.6) is 5.75 Å². The van der Waals surface area contributed by atoms with E-state index in [-0.39, 0.29) is 5.78 Å². The Morgan fingerprint density at radius 1 is 1.39 bits per heavy atom. The number of nitrogens with one attached hydrogen (secondary N) is 1. The third-order valence-electron chi connectivity index (χ3n) is 3.29. The van der Waals surface area contributed by atoms with Crippen LogP contribution in [0.4, 0.5) is 5.69 Å². The fourth-order valence-corrected chi connectivity index (χ4v) is 2.34. The van der Waals surface area contributed by atoms with Gasteiger partial charge in [-0.2, -0.15) is 0 Å². The second-order valence-electron chi connectivity index (χ2n) is 4.53. The number of nitrogens with zero attached hydrogens (tertiary/aromatic N) is 1. The molecule has 4 nitrogen and oxygen atoms in total. The number of hydrogen-bond donors (Lipinski definition) is 1. The third-order valence-corrected chi connectivity index (χ3v) is 3.29. The van der Waals surface area contributed by atoms with E-state index in [0.29, 0.717) is 17.9 Å². The molecule has 0 unspecified atom stereocenters. The van der Waals surface area contributed by atoms with Crippen molar-refractivity contribution >= 4 is 11.5 Å². The molecule has 4 heteroatoms. The minimum atomic E-state index is 0.0652. The molecule has 0 bridgehead atoms. The van der Waals surface area contributed by atoms with Gasteiger partial charge in [0, 0.05) is 18.8 Å². The zero-order valence-electron chi connectivity index (χ0n) is 11.0. The Morgan fingerprint density at radius 2 is 2.11 bits per heavy atom. The molecule has 18 heavy (non-hydrogen) atoms. The van der Waals surface area contributed by atoms with Gasteiger partial charge in [0.2, 0.25) is 0 Å². The molecule has 1 aromatic rings. The molecule has 0 atom stereocenters. The number of ketones is 1. The van der Waals surface area contributed by atoms with Crippen LogP contribution in [0.1, 0.15) is 23.2 Å². The van der Waals surface area contributed by atoms with Crippen LogP contribution in [0.15, 0.2) is 18.2 Å². The van der Waals surface area contributed by atoms with Gasteiger partial charge in [-0.25, -0.2) is 0 Å². The van der Waals surface area contributed by atoms with Gasteiger partial charge >= 0.3 is 0 Å². The summed E-state index contributed by atoms with van der Waals surface area (Å²) in [5.41, 5.74) is 1.78. The van der Waals surface area contributed by atoms with Crippen LogP contribution in [-0.2, 0) is 0 Å². The molecule has 1 aromatic carbocycles. The lowest BCUT2D eigenvalue weighted by molar-refractivity contribution is 0.0990. The molecule has 0 amide bonds. The number of anilines is 1. The van der Waals surface area contributed by atoms with E-state index < -0.39 is 0 Å². The summed E-state index contributed by atoms with van der Waals surface area (Å²) in [6.45, 7) is 2.48. The third kappa shape index (κ3) is 2.64. The van der Waals surface area contributed by atoms with Crippen LogP contribution in [0.3, 0.4) is 0 Å². The number of likely N-dealkylation sites (N-methyl/N-ethyl adjacent to an activating group) is 1. The van der Waals surface area contributed by atoms with Crippen LogP contribution in [0, 0.1) is 0 Å². The highest BCUT2D eigenvalue weighted by Crippen LogP contribution is 2.27. The molecule has 1 aliphatic heterocycles. The summed E-state index contributed by atoms with van der Waals surface area (Å²) in [6.07, 6.45) is 2.46. The molecule has 1 saturated heterocycles. The minimum absolute atomic E-state index is 0.0652. The molecule has 1 aliphatic rings. The first-order valence-electron chi connectivity index (χ1n) is 6.37. The molecule has 0 radical (unpaired) electrons. The zero-order chi connectivity index (χ0) is 13.0. The Balaban J connectivity index is 2.29. The molecule has 1 fully saturated rings. The number of carbonyl (C=O) groups excluding carboxylic acids is 1. The van der Waals surface area contributed by atoms with Crippen LogP contribution >= 0.6 is 0 Å². The molecule has 0 spiro atoms. The van der Waals surface area contributed by atoms with E-state index in [1.807, 2.05) is 18.2 Å². The maximum Gasteiger partial charge on any atom is 0.180 e. The quantitative estimate of drug-likeness (QED) is 0.805. The first kappa shape index (κ1) is 12.9. The fourth-order valence-electron chi connectivity index (χ4n) is 2.34. The predicted octanol–water partition coefficient (Wildman–Crippen LogP) is 1.70. The van der Waals surface area contributed by atoms with Crippen molar-refractivity contribution in [1.82, 2.24) is 5.32 Å². The monoisotopic (exact) mass is 248 g/mol. The Morgan fingerprint density at radius 3 is 2.72 bits per heavy atom. The first-order valence-corrected chi connectivity index (χ1v) is 6.37. The Kier molecular flexibility index (Phi) is 4.20. The molecule has 0 saturated carbocycles. The van der Waals surface area contributed by atoms with Gasteiger partial charge < -0.3 is 15.0 Å². The maximum atomic E-state index is 12.0. The fraction of sp³-hybridized carbons (Fsp3) is 0.500. The van der Waals surface area contributed by atoms with Gasteiger partial charge in [0.1, 0.15) is 5.75 Å². The van der Waals surface area contributed by atoms with Crippen LogP contribution in [0.2, 0.25) is 0 Å². The van der Waals surface area contributed by atoms with Crippen molar-refractivity contribution in [3.8, 4) is 5.75 Å². The largest absolute Gasteiger partial charge is 0.496 e. The van der Waals surface area contributed by atoms with E-state index >= 15 is 0 Å². The number of methoxy groups -OCH3 is 1. The number of ether oxygens (including phenoxy) is 1. The molecular weight excluding hydrogens is 228 g/mol. The molecule has 0 aliphatic carbocycles. The molecular formula is C14H20N2O2. The Hall–Kier alpha value is -1.55. The summed E-state index contributed by atoms with van der Waals surface area (Å²) in [7, 11) is 3.37. The van der Waals surface area contributed by atoms with Crippen LogP contribution in [-0.4, -0.2) is 39.6 Å². The van der Waals surface area contributed by atoms with Crippen molar-refractivity contribution in [2.45, 2.75) is 12.8 Å². The van der Waals surface area contributed by atoms with Crippen LogP contribution < -0.4 is 15.0 Å². The standard InChI is InChI=1S/C14H20N2O2/c1-15-10-13(17)12-9-11(5-6-14(12)18-2)16-7-3-4-8-16/h5-6,9,15H,3-4,7-8,10H2,1-2H3. The molecule has 98 valence electrons. The number of benzene rings is 1. The lowest BCUT2D eigenvalue weighted by atomic mass is 10.1. The average molecular weight is 248 g/mol. The SMILES string of the molecule is CNCC(=O)c1cc(N2CCCC2)ccc1OC. The van der Waals surface area contributed by atoms with Gasteiger partial charge in [-0.3, -0.25) is 4.79 Å². The lowest BCUT2D eigenvalue weighted by Crippen LogP contribution is -2.21. The van der Waals surface area contributed by atoms with Crippen molar-refractivity contribution in [3.05, 3.63) is 23.8 Å². The summed E-state index contributed by atoms with van der Waals surface area (Å²) in [5.74, 6) is 0.716. The first-order chi connectivity index (χ1) is 8.76. The zero-order valence-corrected chi connectivity index (χ0v) is 11.0. The highest BCUT2D eigenvalue weighted by Gasteiger charge is 2.17. The van der Waals surface area contributed by atoms with Crippen molar-refractivity contribution in [1.29, 1.82) is 0 Å². The summed E-state index contributed by atoms with van der Waals surface area (Å²) in [4.78, 5) is 14.3. The van der Waals surface area contributed by atoms with E-state index in [2.05, 4.69) is 10.2 Å². The van der Waals surface area contributed by atoms with Gasteiger partial charge in [0.15, 0.2) is 5.78 Å². The lowest BCUT2D eigenvalue weighted by Gasteiger charge is -2.19. The molecule has 1 heterocycles. The van der Waals surface area contributed by atoms with E-state index in [1.165, 1.54) is 12.8 Å². The van der Waals surface area contributed by atoms with Crippen molar-refractivity contribution < 1.29 is 9.53 Å². The summed E-state index contributed by atoms with van der Waals surface area (Å²) in [6, 6.07) is 5.86. The summed E-state index contributed by atoms with van der Waals surface area (Å²) in [5, 5.41) is 2.89. The van der Waals surface area contributed by atoms with Crippen molar-refractivity contribution in [2.24, 2.45) is 0 Å². The summed E-state index contributed by atoms with van der Waals surface area (Å²) < 4.78 is 5.26.